The molecule has 3 N–H and O–H groups in total. The third-order valence-electron chi connectivity index (χ3n) is 2.27. The van der Waals surface area contributed by atoms with Crippen molar-refractivity contribution in [3.05, 3.63) is 29.3 Å². The third kappa shape index (κ3) is 2.66. The molecule has 0 aliphatic carbocycles. The SMILES string of the molecule is CNC(=O)c1ccc(S(=O)(=O)NC)cc1C(=O)O. The van der Waals surface area contributed by atoms with E-state index >= 15 is 0 Å². The number of carbonyl (C=O) groups excluding carboxylic acids is 1. The van der Waals surface area contributed by atoms with Crippen LogP contribution in [0.5, 0.6) is 0 Å². The summed E-state index contributed by atoms with van der Waals surface area (Å²) in [5.41, 5.74) is -0.467. The number of rotatable bonds is 4. The predicted octanol–water partition coefficient (Wildman–Crippen LogP) is -0.348. The van der Waals surface area contributed by atoms with E-state index in [1.807, 2.05) is 0 Å². The van der Waals surface area contributed by atoms with Crippen molar-refractivity contribution in [2.45, 2.75) is 4.90 Å². The van der Waals surface area contributed by atoms with Crippen molar-refractivity contribution in [2.24, 2.45) is 0 Å². The molecule has 18 heavy (non-hydrogen) atoms. The van der Waals surface area contributed by atoms with Gasteiger partial charge in [0.1, 0.15) is 0 Å². The lowest BCUT2D eigenvalue weighted by molar-refractivity contribution is 0.0691. The Kier molecular flexibility index (Phi) is 4.04. The molecule has 98 valence electrons. The molecule has 1 aromatic rings. The van der Waals surface area contributed by atoms with Gasteiger partial charge in [-0.2, -0.15) is 0 Å². The Labute approximate surface area is 104 Å². The number of hydrogen-bond acceptors (Lipinski definition) is 4. The molecule has 8 heteroatoms. The highest BCUT2D eigenvalue weighted by atomic mass is 32.2. The monoisotopic (exact) mass is 272 g/mol. The number of aromatic carboxylic acids is 1. The van der Waals surface area contributed by atoms with Crippen LogP contribution in [0.2, 0.25) is 0 Å². The standard InChI is InChI=1S/C10H12N2O5S/c1-11-9(13)7-4-3-6(18(16,17)12-2)5-8(7)10(14)15/h3-5,12H,1-2H3,(H,11,13)(H,14,15). The van der Waals surface area contributed by atoms with Crippen molar-refractivity contribution in [3.8, 4) is 0 Å². The number of benzene rings is 1. The first-order chi connectivity index (χ1) is 8.33. The van der Waals surface area contributed by atoms with Gasteiger partial charge >= 0.3 is 5.97 Å². The molecule has 0 saturated carbocycles. The summed E-state index contributed by atoms with van der Waals surface area (Å²) >= 11 is 0. The van der Waals surface area contributed by atoms with Gasteiger partial charge in [-0.15, -0.1) is 0 Å². The molecular formula is C10H12N2O5S. The van der Waals surface area contributed by atoms with Gasteiger partial charge in [0.15, 0.2) is 0 Å². The van der Waals surface area contributed by atoms with Crippen molar-refractivity contribution in [1.29, 1.82) is 0 Å². The van der Waals surface area contributed by atoms with Crippen molar-refractivity contribution in [2.75, 3.05) is 14.1 Å². The van der Waals surface area contributed by atoms with Crippen LogP contribution >= 0.6 is 0 Å². The lowest BCUT2D eigenvalue weighted by Gasteiger charge is -2.08. The van der Waals surface area contributed by atoms with Crippen LogP contribution in [0.1, 0.15) is 20.7 Å². The highest BCUT2D eigenvalue weighted by Crippen LogP contribution is 2.16. The predicted molar refractivity (Wildman–Crippen MR) is 63.0 cm³/mol. The first kappa shape index (κ1) is 14.1. The van der Waals surface area contributed by atoms with Crippen LogP contribution in [-0.4, -0.2) is 39.5 Å². The summed E-state index contributed by atoms with van der Waals surface area (Å²) in [7, 11) is -1.18. The number of carbonyl (C=O) groups is 2. The molecule has 0 spiro atoms. The second-order valence-corrected chi connectivity index (χ2v) is 5.19. The van der Waals surface area contributed by atoms with Gasteiger partial charge < -0.3 is 10.4 Å². The summed E-state index contributed by atoms with van der Waals surface area (Å²) in [6.07, 6.45) is 0. The normalized spacial score (nSPS) is 11.0. The molecule has 1 rings (SSSR count). The summed E-state index contributed by atoms with van der Waals surface area (Å²) in [4.78, 5) is 22.2. The minimum absolute atomic E-state index is 0.0972. The van der Waals surface area contributed by atoms with Gasteiger partial charge in [-0.1, -0.05) is 0 Å². The molecule has 0 aliphatic heterocycles. The van der Waals surface area contributed by atoms with E-state index < -0.39 is 21.9 Å². The highest BCUT2D eigenvalue weighted by Gasteiger charge is 2.20. The van der Waals surface area contributed by atoms with Crippen molar-refractivity contribution in [3.63, 3.8) is 0 Å². The molecule has 0 heterocycles. The number of sulfonamides is 1. The molecule has 0 saturated heterocycles. The number of amides is 1. The summed E-state index contributed by atoms with van der Waals surface area (Å²) in [6, 6.07) is 3.27. The molecule has 0 atom stereocenters. The molecule has 0 aliphatic rings. The smallest absolute Gasteiger partial charge is 0.336 e. The molecular weight excluding hydrogens is 260 g/mol. The maximum atomic E-state index is 11.5. The molecule has 1 aromatic carbocycles. The largest absolute Gasteiger partial charge is 0.478 e. The Morgan fingerprint density at radius 2 is 1.78 bits per heavy atom. The second-order valence-electron chi connectivity index (χ2n) is 3.30. The van der Waals surface area contributed by atoms with Gasteiger partial charge in [-0.25, -0.2) is 17.9 Å². The molecule has 0 aromatic heterocycles. The van der Waals surface area contributed by atoms with Gasteiger partial charge in [0.25, 0.3) is 5.91 Å². The number of carboxylic acids is 1. The van der Waals surface area contributed by atoms with Crippen LogP contribution in [0, 0.1) is 0 Å². The Hall–Kier alpha value is -1.93. The minimum atomic E-state index is -3.75. The average molecular weight is 272 g/mol. The van der Waals surface area contributed by atoms with E-state index in [1.54, 1.807) is 0 Å². The molecule has 0 fully saturated rings. The zero-order chi connectivity index (χ0) is 13.9. The van der Waals surface area contributed by atoms with Crippen LogP contribution < -0.4 is 10.0 Å². The first-order valence-electron chi connectivity index (χ1n) is 4.86. The molecule has 0 bridgehead atoms. The Morgan fingerprint density at radius 1 is 1.17 bits per heavy atom. The van der Waals surface area contributed by atoms with Crippen LogP contribution in [-0.2, 0) is 10.0 Å². The Bertz CT molecular complexity index is 594. The summed E-state index contributed by atoms with van der Waals surface area (Å²) in [5, 5.41) is 11.3. The first-order valence-corrected chi connectivity index (χ1v) is 6.34. The Morgan fingerprint density at radius 3 is 2.22 bits per heavy atom. The molecule has 0 radical (unpaired) electrons. The maximum Gasteiger partial charge on any atom is 0.336 e. The molecule has 1 amide bonds. The quantitative estimate of drug-likeness (QED) is 0.693. The molecule has 0 unspecified atom stereocenters. The number of nitrogens with one attached hydrogen (secondary N) is 2. The van der Waals surface area contributed by atoms with Crippen LogP contribution in [0.15, 0.2) is 23.1 Å². The van der Waals surface area contributed by atoms with E-state index in [2.05, 4.69) is 10.0 Å². The zero-order valence-electron chi connectivity index (χ0n) is 9.72. The van der Waals surface area contributed by atoms with Gasteiger partial charge in [-0.05, 0) is 25.2 Å². The summed E-state index contributed by atoms with van der Waals surface area (Å²) < 4.78 is 25.1. The van der Waals surface area contributed by atoms with Gasteiger partial charge in [0.2, 0.25) is 10.0 Å². The number of hydrogen-bond donors (Lipinski definition) is 3. The molecule has 7 nitrogen and oxygen atoms in total. The number of carboxylic acid groups (broad SMARTS) is 1. The highest BCUT2D eigenvalue weighted by molar-refractivity contribution is 7.89. The van der Waals surface area contributed by atoms with Crippen LogP contribution in [0.25, 0.3) is 0 Å². The van der Waals surface area contributed by atoms with E-state index in [-0.39, 0.29) is 16.0 Å². The maximum absolute atomic E-state index is 11.5. The van der Waals surface area contributed by atoms with Crippen molar-refractivity contribution < 1.29 is 23.1 Å². The zero-order valence-corrected chi connectivity index (χ0v) is 10.5. The third-order valence-corrected chi connectivity index (χ3v) is 3.68. The topological polar surface area (TPSA) is 113 Å². The van der Waals surface area contributed by atoms with Gasteiger partial charge in [-0.3, -0.25) is 4.79 Å². The average Bonchev–Trinajstić information content (AvgIpc) is 2.36. The van der Waals surface area contributed by atoms with Crippen molar-refractivity contribution >= 4 is 21.9 Å². The Balaban J connectivity index is 3.46. The fourth-order valence-electron chi connectivity index (χ4n) is 1.32. The summed E-state index contributed by atoms with van der Waals surface area (Å²) in [5.74, 6) is -1.97. The van der Waals surface area contributed by atoms with Gasteiger partial charge in [0, 0.05) is 7.05 Å². The fourth-order valence-corrected chi connectivity index (χ4v) is 2.07. The van der Waals surface area contributed by atoms with Crippen LogP contribution in [0.4, 0.5) is 0 Å². The van der Waals surface area contributed by atoms with E-state index in [0.717, 1.165) is 12.1 Å². The van der Waals surface area contributed by atoms with E-state index in [4.69, 9.17) is 5.11 Å². The minimum Gasteiger partial charge on any atom is -0.478 e. The van der Waals surface area contributed by atoms with Crippen LogP contribution in [0.3, 0.4) is 0 Å². The summed E-state index contributed by atoms with van der Waals surface area (Å²) in [6.45, 7) is 0. The fraction of sp³-hybridized carbons (Fsp3) is 0.200. The second kappa shape index (κ2) is 5.15. The van der Waals surface area contributed by atoms with Gasteiger partial charge in [0.05, 0.1) is 16.0 Å². The van der Waals surface area contributed by atoms with E-state index in [9.17, 15) is 18.0 Å². The van der Waals surface area contributed by atoms with E-state index in [0.29, 0.717) is 0 Å². The van der Waals surface area contributed by atoms with Crippen molar-refractivity contribution in [1.82, 2.24) is 10.0 Å². The lowest BCUT2D eigenvalue weighted by atomic mass is 10.1. The lowest BCUT2D eigenvalue weighted by Crippen LogP contribution is -2.23. The van der Waals surface area contributed by atoms with E-state index in [1.165, 1.54) is 20.2 Å².